The minimum atomic E-state index is -0.625. The molecule has 0 aromatic heterocycles. The molecule has 1 aliphatic heterocycles. The molecular formula is C14H27NO2. The van der Waals surface area contributed by atoms with Crippen molar-refractivity contribution in [1.82, 2.24) is 4.90 Å². The molecule has 0 saturated carbocycles. The second kappa shape index (κ2) is 6.39. The lowest BCUT2D eigenvalue weighted by Crippen LogP contribution is -2.42. The summed E-state index contributed by atoms with van der Waals surface area (Å²) in [4.78, 5) is 13.4. The lowest BCUT2D eigenvalue weighted by atomic mass is 9.84. The van der Waals surface area contributed by atoms with E-state index in [1.165, 1.54) is 0 Å². The van der Waals surface area contributed by atoms with E-state index in [0.717, 1.165) is 32.5 Å². The molecule has 1 heterocycles. The molecule has 3 heteroatoms. The summed E-state index contributed by atoms with van der Waals surface area (Å²) in [6, 6.07) is 0. The Kier molecular flexibility index (Phi) is 5.44. The number of rotatable bonds is 5. The van der Waals surface area contributed by atoms with E-state index >= 15 is 0 Å². The molecule has 0 radical (unpaired) electrons. The fourth-order valence-corrected chi connectivity index (χ4v) is 2.91. The van der Waals surface area contributed by atoms with Crippen LogP contribution < -0.4 is 0 Å². The molecule has 0 aliphatic carbocycles. The zero-order chi connectivity index (χ0) is 13.0. The zero-order valence-electron chi connectivity index (χ0n) is 11.6. The first-order chi connectivity index (χ1) is 7.91. The highest BCUT2D eigenvalue weighted by molar-refractivity contribution is 5.70. The van der Waals surface area contributed by atoms with Gasteiger partial charge in [-0.2, -0.15) is 0 Å². The maximum atomic E-state index is 11.0. The van der Waals surface area contributed by atoms with E-state index in [9.17, 15) is 4.79 Å². The van der Waals surface area contributed by atoms with E-state index in [1.807, 2.05) is 0 Å². The summed E-state index contributed by atoms with van der Waals surface area (Å²) in [7, 11) is 0. The molecule has 1 aliphatic rings. The van der Waals surface area contributed by atoms with Crippen molar-refractivity contribution < 1.29 is 9.90 Å². The number of hydrogen-bond donors (Lipinski definition) is 1. The molecule has 0 amide bonds. The smallest absolute Gasteiger partial charge is 0.307 e. The Morgan fingerprint density at radius 1 is 1.29 bits per heavy atom. The highest BCUT2D eigenvalue weighted by atomic mass is 16.4. The van der Waals surface area contributed by atoms with Crippen molar-refractivity contribution >= 4 is 5.97 Å². The van der Waals surface area contributed by atoms with E-state index in [4.69, 9.17) is 5.11 Å². The van der Waals surface area contributed by atoms with Gasteiger partial charge in [0.25, 0.3) is 0 Å². The van der Waals surface area contributed by atoms with Gasteiger partial charge in [0.2, 0.25) is 0 Å². The number of piperidine rings is 1. The Morgan fingerprint density at radius 2 is 1.88 bits per heavy atom. The van der Waals surface area contributed by atoms with Gasteiger partial charge in [0.15, 0.2) is 0 Å². The van der Waals surface area contributed by atoms with Crippen molar-refractivity contribution in [3.8, 4) is 0 Å². The Hall–Kier alpha value is -0.570. The minimum Gasteiger partial charge on any atom is -0.481 e. The third-order valence-corrected chi connectivity index (χ3v) is 4.04. The highest BCUT2D eigenvalue weighted by Crippen LogP contribution is 2.24. The maximum Gasteiger partial charge on any atom is 0.307 e. The van der Waals surface area contributed by atoms with Gasteiger partial charge in [0.05, 0.1) is 5.92 Å². The molecule has 100 valence electrons. The topological polar surface area (TPSA) is 40.5 Å². The average Bonchev–Trinajstić information content (AvgIpc) is 2.25. The number of carboxylic acid groups (broad SMARTS) is 1. The average molecular weight is 241 g/mol. The summed E-state index contributed by atoms with van der Waals surface area (Å²) in [5.74, 6) is 1.23. The summed E-state index contributed by atoms with van der Waals surface area (Å²) in [6.07, 6.45) is 1.87. The second-order valence-corrected chi connectivity index (χ2v) is 6.09. The van der Waals surface area contributed by atoms with Gasteiger partial charge < -0.3 is 10.0 Å². The van der Waals surface area contributed by atoms with E-state index in [-0.39, 0.29) is 5.92 Å². The Morgan fingerprint density at radius 3 is 2.35 bits per heavy atom. The summed E-state index contributed by atoms with van der Waals surface area (Å²) in [6.45, 7) is 11.9. The van der Waals surface area contributed by atoms with Crippen molar-refractivity contribution in [2.45, 2.75) is 40.5 Å². The van der Waals surface area contributed by atoms with Crippen LogP contribution in [0.5, 0.6) is 0 Å². The number of nitrogens with zero attached hydrogens (tertiary/aromatic N) is 1. The van der Waals surface area contributed by atoms with Gasteiger partial charge in [-0.3, -0.25) is 4.79 Å². The quantitative estimate of drug-likeness (QED) is 0.804. The molecule has 0 aromatic rings. The number of carbonyl (C=O) groups is 1. The summed E-state index contributed by atoms with van der Waals surface area (Å²) < 4.78 is 0. The molecule has 17 heavy (non-hydrogen) atoms. The number of hydrogen-bond acceptors (Lipinski definition) is 2. The van der Waals surface area contributed by atoms with Gasteiger partial charge in [0.1, 0.15) is 0 Å². The monoisotopic (exact) mass is 241 g/mol. The molecular weight excluding hydrogens is 214 g/mol. The normalized spacial score (nSPS) is 22.6. The lowest BCUT2D eigenvalue weighted by molar-refractivity contribution is -0.143. The van der Waals surface area contributed by atoms with Gasteiger partial charge in [-0.15, -0.1) is 0 Å². The van der Waals surface area contributed by atoms with E-state index < -0.39 is 5.97 Å². The SMILES string of the molecule is CC(C)C(CN1CCCC(C(=O)O)C1)C(C)C. The third-order valence-electron chi connectivity index (χ3n) is 4.04. The van der Waals surface area contributed by atoms with Crippen molar-refractivity contribution in [2.75, 3.05) is 19.6 Å². The van der Waals surface area contributed by atoms with Gasteiger partial charge >= 0.3 is 5.97 Å². The van der Waals surface area contributed by atoms with E-state index in [2.05, 4.69) is 32.6 Å². The molecule has 1 atom stereocenters. The van der Waals surface area contributed by atoms with Crippen LogP contribution in [0.25, 0.3) is 0 Å². The van der Waals surface area contributed by atoms with Crippen LogP contribution in [-0.4, -0.2) is 35.6 Å². The lowest BCUT2D eigenvalue weighted by Gasteiger charge is -2.36. The molecule has 1 fully saturated rings. The van der Waals surface area contributed by atoms with Crippen molar-refractivity contribution in [1.29, 1.82) is 0 Å². The van der Waals surface area contributed by atoms with Crippen LogP contribution in [0.4, 0.5) is 0 Å². The van der Waals surface area contributed by atoms with Crippen LogP contribution in [0.2, 0.25) is 0 Å². The first-order valence-electron chi connectivity index (χ1n) is 6.87. The largest absolute Gasteiger partial charge is 0.481 e. The van der Waals surface area contributed by atoms with Crippen LogP contribution in [-0.2, 0) is 4.79 Å². The van der Waals surface area contributed by atoms with Crippen molar-refractivity contribution in [2.24, 2.45) is 23.7 Å². The standard InChI is InChI=1S/C14H27NO2/c1-10(2)13(11(3)4)9-15-7-5-6-12(8-15)14(16)17/h10-13H,5-9H2,1-4H3,(H,16,17). The Bertz CT molecular complexity index is 243. The van der Waals surface area contributed by atoms with Gasteiger partial charge in [-0.25, -0.2) is 0 Å². The molecule has 0 spiro atoms. The molecule has 1 unspecified atom stereocenters. The predicted octanol–water partition coefficient (Wildman–Crippen LogP) is 2.71. The highest BCUT2D eigenvalue weighted by Gasteiger charge is 2.28. The Labute approximate surface area is 105 Å². The van der Waals surface area contributed by atoms with Gasteiger partial charge in [0, 0.05) is 13.1 Å². The fraction of sp³-hybridized carbons (Fsp3) is 0.929. The van der Waals surface area contributed by atoms with E-state index in [1.54, 1.807) is 0 Å². The van der Waals surface area contributed by atoms with Gasteiger partial charge in [-0.1, -0.05) is 27.7 Å². The summed E-state index contributed by atoms with van der Waals surface area (Å²) in [5, 5.41) is 9.08. The van der Waals surface area contributed by atoms with Crippen LogP contribution in [0.15, 0.2) is 0 Å². The molecule has 1 rings (SSSR count). The third kappa shape index (κ3) is 4.30. The molecule has 1 saturated heterocycles. The zero-order valence-corrected chi connectivity index (χ0v) is 11.6. The fourth-order valence-electron chi connectivity index (χ4n) is 2.91. The number of likely N-dealkylation sites (tertiary alicyclic amines) is 1. The van der Waals surface area contributed by atoms with Crippen LogP contribution in [0, 0.1) is 23.7 Å². The second-order valence-electron chi connectivity index (χ2n) is 6.09. The van der Waals surface area contributed by atoms with Crippen LogP contribution in [0.3, 0.4) is 0 Å². The maximum absolute atomic E-state index is 11.0. The number of carboxylic acids is 1. The van der Waals surface area contributed by atoms with Crippen LogP contribution >= 0.6 is 0 Å². The van der Waals surface area contributed by atoms with Crippen LogP contribution in [0.1, 0.15) is 40.5 Å². The first kappa shape index (κ1) is 14.5. The van der Waals surface area contributed by atoms with Crippen molar-refractivity contribution in [3.05, 3.63) is 0 Å². The molecule has 0 aromatic carbocycles. The minimum absolute atomic E-state index is 0.149. The van der Waals surface area contributed by atoms with Crippen molar-refractivity contribution in [3.63, 3.8) is 0 Å². The predicted molar refractivity (Wildman–Crippen MR) is 70.0 cm³/mol. The van der Waals surface area contributed by atoms with Gasteiger partial charge in [-0.05, 0) is 37.1 Å². The summed E-state index contributed by atoms with van der Waals surface area (Å²) in [5.41, 5.74) is 0. The van der Waals surface area contributed by atoms with E-state index in [0.29, 0.717) is 17.8 Å². The molecule has 0 bridgehead atoms. The Balaban J connectivity index is 2.52. The number of aliphatic carboxylic acids is 1. The first-order valence-corrected chi connectivity index (χ1v) is 6.87. The summed E-state index contributed by atoms with van der Waals surface area (Å²) >= 11 is 0. The molecule has 3 nitrogen and oxygen atoms in total. The molecule has 1 N–H and O–H groups in total.